The fraction of sp³-hybridized carbons (Fsp3) is 0.286. The lowest BCUT2D eigenvalue weighted by molar-refractivity contribution is -0.137. The van der Waals surface area contributed by atoms with Gasteiger partial charge in [-0.05, 0) is 36.8 Å². The molecule has 0 saturated carbocycles. The first kappa shape index (κ1) is 17.8. The normalized spacial score (nSPS) is 12.4. The number of halogens is 3. The van der Waals surface area contributed by atoms with Gasteiger partial charge in [0.05, 0.1) is 10.5 Å². The Morgan fingerprint density at radius 1 is 1.17 bits per heavy atom. The molecule has 1 aromatic carbocycles. The second-order valence-corrected chi connectivity index (χ2v) is 7.64. The third-order valence-corrected chi connectivity index (χ3v) is 5.28. The van der Waals surface area contributed by atoms with Crippen LogP contribution in [-0.2, 0) is 29.2 Å². The van der Waals surface area contributed by atoms with Crippen molar-refractivity contribution in [2.45, 2.75) is 31.0 Å². The summed E-state index contributed by atoms with van der Waals surface area (Å²) in [6.45, 7) is 2.22. The molecular formula is C14H15F3N2O2S2. The Hall–Kier alpha value is -1.58. The van der Waals surface area contributed by atoms with Crippen LogP contribution in [0.25, 0.3) is 0 Å². The maximum absolute atomic E-state index is 13.1. The highest BCUT2D eigenvalue weighted by atomic mass is 32.2. The van der Waals surface area contributed by atoms with Gasteiger partial charge in [-0.1, -0.05) is 6.92 Å². The van der Waals surface area contributed by atoms with Gasteiger partial charge in [0.2, 0.25) is 10.0 Å². The summed E-state index contributed by atoms with van der Waals surface area (Å²) < 4.78 is 61.8. The lowest BCUT2D eigenvalue weighted by Crippen LogP contribution is -2.16. The third kappa shape index (κ3) is 4.46. The van der Waals surface area contributed by atoms with Crippen LogP contribution in [0.15, 0.2) is 35.2 Å². The minimum absolute atomic E-state index is 0.184. The molecule has 0 saturated heterocycles. The van der Waals surface area contributed by atoms with Crippen molar-refractivity contribution in [2.24, 2.45) is 5.14 Å². The molecule has 0 spiro atoms. The summed E-state index contributed by atoms with van der Waals surface area (Å²) in [5.41, 5.74) is -1.24. The van der Waals surface area contributed by atoms with Crippen LogP contribution in [0.3, 0.4) is 0 Å². The first-order valence-corrected chi connectivity index (χ1v) is 9.03. The fourth-order valence-corrected chi connectivity index (χ4v) is 3.42. The summed E-state index contributed by atoms with van der Waals surface area (Å²) >= 11 is 1.51. The zero-order chi connectivity index (χ0) is 17.3. The van der Waals surface area contributed by atoms with Crippen molar-refractivity contribution in [2.75, 3.05) is 5.32 Å². The Bertz CT molecular complexity index is 799. The second kappa shape index (κ2) is 6.50. The monoisotopic (exact) mass is 364 g/mol. The summed E-state index contributed by atoms with van der Waals surface area (Å²) in [4.78, 5) is 1.47. The number of nitrogens with two attached hydrogens (primary N) is 1. The molecule has 2 aromatic rings. The lowest BCUT2D eigenvalue weighted by atomic mass is 10.1. The topological polar surface area (TPSA) is 72.2 Å². The highest BCUT2D eigenvalue weighted by Crippen LogP contribution is 2.36. The van der Waals surface area contributed by atoms with E-state index < -0.39 is 26.7 Å². The van der Waals surface area contributed by atoms with Crippen LogP contribution in [0, 0.1) is 0 Å². The van der Waals surface area contributed by atoms with E-state index in [1.165, 1.54) is 11.3 Å². The number of benzene rings is 1. The van der Waals surface area contributed by atoms with Crippen LogP contribution < -0.4 is 10.5 Å². The average Bonchev–Trinajstić information content (AvgIpc) is 2.91. The molecule has 0 radical (unpaired) electrons. The van der Waals surface area contributed by atoms with Crippen LogP contribution in [0.2, 0.25) is 0 Å². The van der Waals surface area contributed by atoms with Crippen LogP contribution in [0.4, 0.5) is 18.9 Å². The molecule has 0 bridgehead atoms. The van der Waals surface area contributed by atoms with Crippen molar-refractivity contribution >= 4 is 27.0 Å². The van der Waals surface area contributed by atoms with E-state index in [-0.39, 0.29) is 12.2 Å². The molecule has 0 atom stereocenters. The van der Waals surface area contributed by atoms with E-state index in [2.05, 4.69) is 5.32 Å². The van der Waals surface area contributed by atoms with Crippen LogP contribution in [0.1, 0.15) is 22.2 Å². The van der Waals surface area contributed by atoms with E-state index >= 15 is 0 Å². The summed E-state index contributed by atoms with van der Waals surface area (Å²) in [6.07, 6.45) is -3.82. The molecule has 3 N–H and O–H groups in total. The highest BCUT2D eigenvalue weighted by Gasteiger charge is 2.34. The van der Waals surface area contributed by atoms with Crippen LogP contribution in [0.5, 0.6) is 0 Å². The van der Waals surface area contributed by atoms with E-state index in [1.54, 1.807) is 0 Å². The summed E-state index contributed by atoms with van der Waals surface area (Å²) in [5, 5.41) is 7.60. The van der Waals surface area contributed by atoms with Crippen molar-refractivity contribution in [1.82, 2.24) is 0 Å². The Morgan fingerprint density at radius 2 is 1.83 bits per heavy atom. The van der Waals surface area contributed by atoms with Crippen LogP contribution in [-0.4, -0.2) is 8.42 Å². The molecule has 23 heavy (non-hydrogen) atoms. The van der Waals surface area contributed by atoms with Gasteiger partial charge in [-0.2, -0.15) is 13.2 Å². The predicted octanol–water partition coefficient (Wildman–Crippen LogP) is 3.59. The largest absolute Gasteiger partial charge is 0.418 e. The van der Waals surface area contributed by atoms with Gasteiger partial charge in [0.1, 0.15) is 0 Å². The van der Waals surface area contributed by atoms with Crippen molar-refractivity contribution < 1.29 is 21.6 Å². The molecule has 1 heterocycles. The fourth-order valence-electron chi connectivity index (χ4n) is 1.98. The molecule has 0 unspecified atom stereocenters. The number of nitrogens with one attached hydrogen (secondary N) is 1. The van der Waals surface area contributed by atoms with Crippen molar-refractivity contribution in [3.63, 3.8) is 0 Å². The number of sulfonamides is 1. The van der Waals surface area contributed by atoms with E-state index in [0.717, 1.165) is 28.3 Å². The first-order valence-electron chi connectivity index (χ1n) is 6.66. The molecule has 0 aliphatic heterocycles. The Labute approximate surface area is 136 Å². The Kier molecular flexibility index (Phi) is 5.02. The number of rotatable bonds is 5. The highest BCUT2D eigenvalue weighted by molar-refractivity contribution is 7.89. The number of thiophene rings is 1. The van der Waals surface area contributed by atoms with Gasteiger partial charge < -0.3 is 5.32 Å². The van der Waals surface area contributed by atoms with Gasteiger partial charge in [0.15, 0.2) is 0 Å². The zero-order valence-corrected chi connectivity index (χ0v) is 13.8. The molecule has 4 nitrogen and oxygen atoms in total. The average molecular weight is 364 g/mol. The molecule has 1 aromatic heterocycles. The molecule has 0 aliphatic carbocycles. The molecule has 0 aliphatic rings. The third-order valence-electron chi connectivity index (χ3n) is 3.14. The number of alkyl halides is 3. The van der Waals surface area contributed by atoms with Gasteiger partial charge in [0.25, 0.3) is 0 Å². The smallest absolute Gasteiger partial charge is 0.380 e. The van der Waals surface area contributed by atoms with Gasteiger partial charge in [-0.15, -0.1) is 11.3 Å². The van der Waals surface area contributed by atoms with Crippen molar-refractivity contribution in [3.8, 4) is 0 Å². The molecule has 126 valence electrons. The zero-order valence-electron chi connectivity index (χ0n) is 12.1. The summed E-state index contributed by atoms with van der Waals surface area (Å²) in [7, 11) is -4.20. The maximum atomic E-state index is 13.1. The quantitative estimate of drug-likeness (QED) is 0.852. The summed E-state index contributed by atoms with van der Waals surface area (Å²) in [6, 6.07) is 6.46. The van der Waals surface area contributed by atoms with Gasteiger partial charge >= 0.3 is 6.18 Å². The maximum Gasteiger partial charge on any atom is 0.418 e. The summed E-state index contributed by atoms with van der Waals surface area (Å²) in [5.74, 6) is 0. The number of primary sulfonamides is 1. The minimum Gasteiger partial charge on any atom is -0.380 e. The van der Waals surface area contributed by atoms with Crippen molar-refractivity contribution in [3.05, 3.63) is 45.6 Å². The van der Waals surface area contributed by atoms with Gasteiger partial charge in [-0.3, -0.25) is 0 Å². The minimum atomic E-state index is -4.69. The molecule has 2 rings (SSSR count). The van der Waals surface area contributed by atoms with Crippen LogP contribution >= 0.6 is 11.3 Å². The SMILES string of the molecule is CCc1ccc(CNc2ccc(S(N)(=O)=O)cc2C(F)(F)F)s1. The van der Waals surface area contributed by atoms with Crippen molar-refractivity contribution in [1.29, 1.82) is 0 Å². The molecular weight excluding hydrogens is 349 g/mol. The lowest BCUT2D eigenvalue weighted by Gasteiger charge is -2.15. The molecule has 9 heteroatoms. The number of hydrogen-bond donors (Lipinski definition) is 2. The van der Waals surface area contributed by atoms with E-state index in [4.69, 9.17) is 5.14 Å². The number of anilines is 1. The Balaban J connectivity index is 2.30. The first-order chi connectivity index (χ1) is 10.6. The van der Waals surface area contributed by atoms with E-state index in [0.29, 0.717) is 6.07 Å². The molecule has 0 amide bonds. The number of aryl methyl sites for hydroxylation is 1. The molecule has 0 fully saturated rings. The number of hydrogen-bond acceptors (Lipinski definition) is 4. The van der Waals surface area contributed by atoms with Gasteiger partial charge in [-0.25, -0.2) is 13.6 Å². The van der Waals surface area contributed by atoms with E-state index in [1.807, 2.05) is 19.1 Å². The standard InChI is InChI=1S/C14H15F3N2O2S2/c1-2-9-3-4-10(22-9)8-19-13-6-5-11(23(18,20)21)7-12(13)14(15,16)17/h3-7,19H,2,8H2,1H3,(H2,18,20,21). The van der Waals surface area contributed by atoms with Gasteiger partial charge in [0, 0.05) is 22.0 Å². The van der Waals surface area contributed by atoms with E-state index in [9.17, 15) is 21.6 Å². The second-order valence-electron chi connectivity index (χ2n) is 4.83. The predicted molar refractivity (Wildman–Crippen MR) is 83.8 cm³/mol. The Morgan fingerprint density at radius 3 is 2.35 bits per heavy atom.